The van der Waals surface area contributed by atoms with Gasteiger partial charge < -0.3 is 188 Å². The standard InChI is InChI=1S/6C4H8N2O7S.12Na/c6*5-2(8)1(7)4(10,3(6)9)14(11,12)13;;;;;;;;;;;;/h6*1,7,10H,(H5,5,6,8,9,11,12,13);;;;;;;;;;;;/q;;;;;;12*+1/p-12/t6*1-,4-;;;;;;;;;;;;/m000000............/s1. The number of rotatable bonds is 24. The van der Waals surface area contributed by atoms with E-state index in [2.05, 4.69) is 0 Å². The Morgan fingerprint density at radius 3 is 0.260 bits per heavy atom. The van der Waals surface area contributed by atoms with Gasteiger partial charge >= 0.3 is 415 Å². The Morgan fingerprint density at radius 1 is 0.198 bits per heavy atom. The van der Waals surface area contributed by atoms with Crippen molar-refractivity contribution in [2.24, 2.45) is 0 Å². The first kappa shape index (κ1) is 146. The van der Waals surface area contributed by atoms with E-state index in [0.29, 0.717) is 0 Å². The number of hydrogen-bond donors (Lipinski definition) is 18. The summed E-state index contributed by atoms with van der Waals surface area (Å²) in [5.41, 5.74) is 75.2. The molecule has 0 aromatic rings. The van der Waals surface area contributed by atoms with Gasteiger partial charge in [-0.3, -0.25) is 27.3 Å². The second kappa shape index (κ2) is 56.8. The maximum atomic E-state index is 10.4. The molecule has 0 aliphatic carbocycles. The van der Waals surface area contributed by atoms with E-state index in [1.807, 2.05) is 0 Å². The fourth-order valence-electron chi connectivity index (χ4n) is 3.36. The zero-order valence-electron chi connectivity index (χ0n) is 50.8. The quantitative estimate of drug-likeness (QED) is 0.0315. The Balaban J connectivity index is -0.0000000464. The van der Waals surface area contributed by atoms with Gasteiger partial charge in [-0.2, -0.15) is 50.5 Å². The van der Waals surface area contributed by atoms with Gasteiger partial charge in [0.1, 0.15) is 72.1 Å². The molecule has 96 heavy (non-hydrogen) atoms. The minimum atomic E-state index is -5.58. The van der Waals surface area contributed by atoms with E-state index < -0.39 is 198 Å². The monoisotopic (exact) mass is 1630 g/mol. The van der Waals surface area contributed by atoms with E-state index in [1.165, 1.54) is 0 Å². The summed E-state index contributed by atoms with van der Waals surface area (Å²) in [4.78, 5) is 99.1. The average Bonchev–Trinajstić information content (AvgIpc) is 3.28. The molecule has 30 N–H and O–H groups in total. The van der Waals surface area contributed by atoms with Gasteiger partial charge in [0.05, 0.1) is 35.4 Å². The van der Waals surface area contributed by atoms with Crippen LogP contribution in [0.4, 0.5) is 0 Å². The molecule has 0 spiro atoms. The number of aliphatic hydroxyl groups excluding tert-OH is 6. The van der Waals surface area contributed by atoms with Crippen LogP contribution < -0.4 is 355 Å². The molecule has 0 aromatic heterocycles. The molecule has 0 fully saturated rings. The predicted molar refractivity (Wildman–Crippen MR) is 247 cm³/mol. The summed E-state index contributed by atoms with van der Waals surface area (Å²) >= 11 is 0. The zero-order chi connectivity index (χ0) is 70.4. The van der Waals surface area contributed by atoms with Gasteiger partial charge in [-0.1, -0.05) is 0 Å². The first-order valence-electron chi connectivity index (χ1n) is 17.6. The molecule has 0 aliphatic rings. The molecule has 0 aromatic carbocycles. The third kappa shape index (κ3) is 39.3. The molecule has 72 heteroatoms. The Hall–Kier alpha value is 4.62. The Kier molecular flexibility index (Phi) is 86.5. The molecular weight excluding hydrogens is 1600 g/mol. The van der Waals surface area contributed by atoms with Crippen LogP contribution in [0, 0.1) is 0 Å². The number of carbonyl (C=O) groups is 12. The maximum absolute atomic E-state index is 10.4. The predicted octanol–water partition coefficient (Wildman–Crippen LogP) is -47.5. The minimum Gasteiger partial charge on any atom is -0.665 e. The van der Waals surface area contributed by atoms with Crippen LogP contribution in [0.3, 0.4) is 0 Å². The Morgan fingerprint density at radius 2 is 0.250 bits per heavy atom. The second-order valence-electron chi connectivity index (χ2n) is 13.6. The number of hydrogen-bond acceptors (Lipinski definition) is 36. The van der Waals surface area contributed by atoms with Crippen LogP contribution in [0.5, 0.6) is 0 Å². The maximum Gasteiger partial charge on any atom is 1.00 e. The van der Waals surface area contributed by atoms with Crippen molar-refractivity contribution in [2.75, 3.05) is 0 Å². The third-order valence-electron chi connectivity index (χ3n) is 8.03. The Labute approximate surface area is 802 Å². The molecule has 54 nitrogen and oxygen atoms in total. The van der Waals surface area contributed by atoms with Crippen LogP contribution >= 0.6 is 0 Å². The van der Waals surface area contributed by atoms with Gasteiger partial charge in [-0.15, -0.1) is 0 Å². The normalized spacial score (nSPS) is 15.9. The molecule has 0 saturated heterocycles. The fourth-order valence-corrected chi connectivity index (χ4v) is 7.10. The summed E-state index contributed by atoms with van der Waals surface area (Å²) in [7, 11) is -33.5. The van der Waals surface area contributed by atoms with Gasteiger partial charge in [0.15, 0.2) is 0 Å². The molecule has 0 saturated carbocycles. The topological polar surface area (TPSA) is 1060 Å². The molecule has 0 bridgehead atoms. The van der Waals surface area contributed by atoms with Gasteiger partial charge in [0.2, 0.25) is 0 Å². The smallest absolute Gasteiger partial charge is 0.665 e. The van der Waals surface area contributed by atoms with Crippen LogP contribution in [0.2, 0.25) is 0 Å². The average molecular weight is 1630 g/mol. The fraction of sp³-hybridized carbons (Fsp3) is 0.500. The summed E-state index contributed by atoms with van der Waals surface area (Å²) in [5, 5.41) is 105. The largest absolute Gasteiger partial charge is 1.00 e. The number of carbonyl (C=O) groups excluding carboxylic acids is 12. The van der Waals surface area contributed by atoms with Crippen LogP contribution in [0.1, 0.15) is 0 Å². The van der Waals surface area contributed by atoms with E-state index in [0.717, 1.165) is 0 Å². The van der Waals surface area contributed by atoms with Crippen molar-refractivity contribution < 1.29 is 551 Å². The summed E-state index contributed by atoms with van der Waals surface area (Å²) in [5.74, 6) is -26.0. The molecule has 12 atom stereocenters. The van der Waals surface area contributed by atoms with E-state index in [4.69, 9.17) is 157 Å². The molecule has 492 valence electrons. The van der Waals surface area contributed by atoms with Crippen molar-refractivity contribution in [3.63, 3.8) is 0 Å². The van der Waals surface area contributed by atoms with Crippen molar-refractivity contribution in [1.82, 2.24) is 0 Å². The molecular formula is C24H36N12Na12O42S6. The first-order valence-corrected chi connectivity index (χ1v) is 26.3. The summed E-state index contributed by atoms with van der Waals surface area (Å²) in [6.07, 6.45) is -18.2. The molecule has 0 rings (SSSR count). The van der Waals surface area contributed by atoms with Gasteiger partial charge in [0.25, 0.3) is 29.6 Å². The summed E-state index contributed by atoms with van der Waals surface area (Å²) in [6, 6.07) is 0. The van der Waals surface area contributed by atoms with E-state index in [-0.39, 0.29) is 355 Å². The first-order chi connectivity index (χ1) is 36.3. The van der Waals surface area contributed by atoms with Crippen LogP contribution in [0.25, 0.3) is 68.8 Å². The van der Waals surface area contributed by atoms with Gasteiger partial charge in [0, 0.05) is 0 Å². The Bertz CT molecular complexity index is 2780. The third-order valence-corrected chi connectivity index (χ3v) is 15.2. The van der Waals surface area contributed by atoms with Gasteiger partial charge in [-0.25, -0.2) is 0 Å². The second-order valence-corrected chi connectivity index (χ2v) is 23.0. The van der Waals surface area contributed by atoms with Crippen molar-refractivity contribution in [3.8, 4) is 0 Å². The number of aliphatic hydroxyl groups is 12. The van der Waals surface area contributed by atoms with E-state index in [9.17, 15) is 108 Å². The van der Waals surface area contributed by atoms with Crippen molar-refractivity contribution >= 4 is 132 Å². The van der Waals surface area contributed by atoms with Crippen LogP contribution in [-0.2, 0) is 118 Å². The van der Waals surface area contributed by atoms with Crippen molar-refractivity contribution in [2.45, 2.75) is 66.2 Å². The number of amides is 12. The van der Waals surface area contributed by atoms with Crippen molar-refractivity contribution in [3.05, 3.63) is 68.8 Å². The van der Waals surface area contributed by atoms with E-state index in [1.54, 1.807) is 0 Å². The summed E-state index contributed by atoms with van der Waals surface area (Å²) < 4.78 is 175. The van der Waals surface area contributed by atoms with Gasteiger partial charge in [-0.05, 0) is 0 Å². The molecule has 0 radical (unpaired) electrons. The number of nitrogens with one attached hydrogen (secondary N) is 12. The molecule has 0 heterocycles. The van der Waals surface area contributed by atoms with Crippen LogP contribution in [0.15, 0.2) is 0 Å². The SMILES string of the molecule is [NH-]C(=O)[C@H](O)[C@@](O)(C([NH-])=O)S(=O)(=O)O.[NH-]C(=O)[C@H](O)[C@@](O)(C([NH-])=O)S(=O)(=O)O.[NH-]C(=O)[C@H](O)[C@@](O)(C([NH-])=O)S(=O)(=O)O.[NH-]C(=O)[C@H](O)[C@@](O)(C([NH-])=O)S(=O)(=O)O.[NH-]C(=O)[C@H](O)[C@@](O)(C([NH-])=O)S(=O)(=O)O.[NH-]C(=O)[C@H](O)[C@@](O)(C([NH-])=O)S(=O)(=O)O.[Na+].[Na+].[Na+].[Na+].[Na+].[Na+].[Na+].[Na+].[Na+].[Na+].[Na+].[Na+]. The van der Waals surface area contributed by atoms with Crippen LogP contribution in [-0.4, -0.2) is 276 Å². The summed E-state index contributed by atoms with van der Waals surface area (Å²) in [6.45, 7) is 0. The molecule has 0 unspecified atom stereocenters. The minimum absolute atomic E-state index is 0. The zero-order valence-corrected chi connectivity index (χ0v) is 79.7. The van der Waals surface area contributed by atoms with E-state index >= 15 is 0 Å². The molecule has 12 amide bonds. The molecule has 0 aliphatic heterocycles. The van der Waals surface area contributed by atoms with Crippen molar-refractivity contribution in [1.29, 1.82) is 0 Å².